The van der Waals surface area contributed by atoms with Crippen LogP contribution in [0.2, 0.25) is 0 Å². The Hall–Kier alpha value is -2.49. The zero-order valence-corrected chi connectivity index (χ0v) is 13.4. The smallest absolute Gasteiger partial charge is 0.251 e. The normalized spacial score (nSPS) is 14.9. The first-order valence-corrected chi connectivity index (χ1v) is 7.80. The van der Waals surface area contributed by atoms with Gasteiger partial charge in [0, 0.05) is 5.56 Å². The van der Waals surface area contributed by atoms with E-state index in [0.717, 1.165) is 29.9 Å². The first kappa shape index (κ1) is 15.4. The summed E-state index contributed by atoms with van der Waals surface area (Å²) in [6, 6.07) is 15.1. The van der Waals surface area contributed by atoms with Crippen LogP contribution < -0.4 is 14.8 Å². The third-order valence-corrected chi connectivity index (χ3v) is 4.21. The minimum atomic E-state index is -0.0552. The Morgan fingerprint density at radius 2 is 1.48 bits per heavy atom. The largest absolute Gasteiger partial charge is 0.497 e. The average molecular weight is 311 g/mol. The predicted octanol–water partition coefficient (Wildman–Crippen LogP) is 3.58. The fraction of sp³-hybridized carbons (Fsp3) is 0.316. The van der Waals surface area contributed by atoms with Crippen molar-refractivity contribution >= 4 is 5.91 Å². The molecule has 1 atom stereocenters. The molecule has 3 rings (SSSR count). The summed E-state index contributed by atoms with van der Waals surface area (Å²) < 4.78 is 10.3. The highest BCUT2D eigenvalue weighted by molar-refractivity contribution is 5.94. The lowest BCUT2D eigenvalue weighted by atomic mass is 10.0. The van der Waals surface area contributed by atoms with Crippen LogP contribution in [-0.2, 0) is 0 Å². The fourth-order valence-corrected chi connectivity index (χ4v) is 2.68. The van der Waals surface area contributed by atoms with Crippen LogP contribution in [0.15, 0.2) is 48.5 Å². The van der Waals surface area contributed by atoms with E-state index in [9.17, 15) is 4.79 Å². The van der Waals surface area contributed by atoms with Gasteiger partial charge in [0.05, 0.1) is 20.3 Å². The minimum Gasteiger partial charge on any atom is -0.497 e. The van der Waals surface area contributed by atoms with Crippen molar-refractivity contribution in [2.24, 2.45) is 5.92 Å². The molecule has 2 aromatic rings. The lowest BCUT2D eigenvalue weighted by Crippen LogP contribution is -2.29. The number of ether oxygens (including phenoxy) is 2. The van der Waals surface area contributed by atoms with Crippen molar-refractivity contribution in [3.8, 4) is 11.5 Å². The number of nitrogens with one attached hydrogen (secondary N) is 1. The lowest BCUT2D eigenvalue weighted by molar-refractivity contribution is 0.0931. The quantitative estimate of drug-likeness (QED) is 0.887. The molecule has 0 radical (unpaired) electrons. The summed E-state index contributed by atoms with van der Waals surface area (Å²) in [6.45, 7) is 0. The molecule has 120 valence electrons. The van der Waals surface area contributed by atoms with Gasteiger partial charge in [-0.3, -0.25) is 4.79 Å². The van der Waals surface area contributed by atoms with Crippen LogP contribution in [0.4, 0.5) is 0 Å². The van der Waals surface area contributed by atoms with Crippen LogP contribution >= 0.6 is 0 Å². The Morgan fingerprint density at radius 3 is 1.96 bits per heavy atom. The van der Waals surface area contributed by atoms with Crippen LogP contribution in [0.5, 0.6) is 11.5 Å². The molecule has 4 nitrogen and oxygen atoms in total. The van der Waals surface area contributed by atoms with Gasteiger partial charge in [-0.05, 0) is 60.7 Å². The number of amides is 1. The highest BCUT2D eigenvalue weighted by Gasteiger charge is 2.33. The highest BCUT2D eigenvalue weighted by atomic mass is 16.5. The van der Waals surface area contributed by atoms with Crippen molar-refractivity contribution in [2.75, 3.05) is 14.2 Å². The number of hydrogen-bond donors (Lipinski definition) is 1. The average Bonchev–Trinajstić information content (AvgIpc) is 3.44. The Labute approximate surface area is 136 Å². The van der Waals surface area contributed by atoms with E-state index >= 15 is 0 Å². The molecule has 1 N–H and O–H groups in total. The number of methoxy groups -OCH3 is 2. The summed E-state index contributed by atoms with van der Waals surface area (Å²) in [5, 5.41) is 3.17. The summed E-state index contributed by atoms with van der Waals surface area (Å²) in [7, 11) is 3.26. The van der Waals surface area contributed by atoms with Gasteiger partial charge in [0.25, 0.3) is 5.91 Å². The molecule has 1 aliphatic rings. The summed E-state index contributed by atoms with van der Waals surface area (Å²) >= 11 is 0. The molecule has 2 aromatic carbocycles. The minimum absolute atomic E-state index is 0.0514. The monoisotopic (exact) mass is 311 g/mol. The molecule has 1 unspecified atom stereocenters. The van der Waals surface area contributed by atoms with Crippen molar-refractivity contribution < 1.29 is 14.3 Å². The van der Waals surface area contributed by atoms with Crippen molar-refractivity contribution in [3.05, 3.63) is 59.7 Å². The summed E-state index contributed by atoms with van der Waals surface area (Å²) in [4.78, 5) is 12.5. The second kappa shape index (κ2) is 6.73. The second-order valence-electron chi connectivity index (χ2n) is 5.79. The van der Waals surface area contributed by atoms with E-state index in [1.165, 1.54) is 0 Å². The molecule has 1 fully saturated rings. The van der Waals surface area contributed by atoms with Crippen LogP contribution in [0.1, 0.15) is 34.8 Å². The van der Waals surface area contributed by atoms with Gasteiger partial charge in [0.15, 0.2) is 0 Å². The SMILES string of the molecule is COc1ccc(C(=O)NC(c2ccc(OC)cc2)C2CC2)cc1. The number of hydrogen-bond acceptors (Lipinski definition) is 3. The van der Waals surface area contributed by atoms with E-state index in [-0.39, 0.29) is 11.9 Å². The predicted molar refractivity (Wildman–Crippen MR) is 88.9 cm³/mol. The molecule has 0 saturated heterocycles. The van der Waals surface area contributed by atoms with Crippen LogP contribution in [0.25, 0.3) is 0 Å². The molecular weight excluding hydrogens is 290 g/mol. The van der Waals surface area contributed by atoms with E-state index in [0.29, 0.717) is 11.5 Å². The van der Waals surface area contributed by atoms with Crippen molar-refractivity contribution in [1.29, 1.82) is 0 Å². The maximum Gasteiger partial charge on any atom is 0.251 e. The molecule has 23 heavy (non-hydrogen) atoms. The number of carbonyl (C=O) groups is 1. The van der Waals surface area contributed by atoms with E-state index in [1.807, 2.05) is 24.3 Å². The second-order valence-corrected chi connectivity index (χ2v) is 5.79. The van der Waals surface area contributed by atoms with Crippen LogP contribution in [0.3, 0.4) is 0 Å². The van der Waals surface area contributed by atoms with Crippen LogP contribution in [0, 0.1) is 5.92 Å². The van der Waals surface area contributed by atoms with Gasteiger partial charge in [-0.25, -0.2) is 0 Å². The Bertz CT molecular complexity index is 660. The van der Waals surface area contributed by atoms with Gasteiger partial charge in [0.2, 0.25) is 0 Å². The maximum atomic E-state index is 12.5. The molecule has 0 aromatic heterocycles. The van der Waals surface area contributed by atoms with E-state index in [2.05, 4.69) is 5.32 Å². The molecule has 1 saturated carbocycles. The van der Waals surface area contributed by atoms with E-state index in [1.54, 1.807) is 38.5 Å². The van der Waals surface area contributed by atoms with Gasteiger partial charge in [-0.1, -0.05) is 12.1 Å². The third-order valence-electron chi connectivity index (χ3n) is 4.21. The Balaban J connectivity index is 1.74. The molecular formula is C19H21NO3. The molecule has 0 heterocycles. The summed E-state index contributed by atoms with van der Waals surface area (Å²) in [5.74, 6) is 2.03. The topological polar surface area (TPSA) is 47.6 Å². The number of carbonyl (C=O) groups excluding carboxylic acids is 1. The fourth-order valence-electron chi connectivity index (χ4n) is 2.68. The van der Waals surface area contributed by atoms with Gasteiger partial charge < -0.3 is 14.8 Å². The first-order valence-electron chi connectivity index (χ1n) is 7.80. The zero-order chi connectivity index (χ0) is 16.2. The molecule has 4 heteroatoms. The highest BCUT2D eigenvalue weighted by Crippen LogP contribution is 2.41. The summed E-state index contributed by atoms with van der Waals surface area (Å²) in [5.41, 5.74) is 1.76. The van der Waals surface area contributed by atoms with Crippen molar-refractivity contribution in [3.63, 3.8) is 0 Å². The summed E-state index contributed by atoms with van der Waals surface area (Å²) in [6.07, 6.45) is 2.30. The standard InChI is InChI=1S/C19H21NO3/c1-22-16-9-5-14(6-10-16)18(13-3-4-13)20-19(21)15-7-11-17(23-2)12-8-15/h5-13,18H,3-4H2,1-2H3,(H,20,21). The van der Waals surface area contributed by atoms with Gasteiger partial charge >= 0.3 is 0 Å². The Kier molecular flexibility index (Phi) is 4.51. The maximum absolute atomic E-state index is 12.5. The molecule has 0 aliphatic heterocycles. The van der Waals surface area contributed by atoms with Crippen molar-refractivity contribution in [1.82, 2.24) is 5.32 Å². The molecule has 1 amide bonds. The zero-order valence-electron chi connectivity index (χ0n) is 13.4. The lowest BCUT2D eigenvalue weighted by Gasteiger charge is -2.19. The van der Waals surface area contributed by atoms with Crippen LogP contribution in [-0.4, -0.2) is 20.1 Å². The van der Waals surface area contributed by atoms with Crippen molar-refractivity contribution in [2.45, 2.75) is 18.9 Å². The third kappa shape index (κ3) is 3.65. The van der Waals surface area contributed by atoms with Gasteiger partial charge in [0.1, 0.15) is 11.5 Å². The Morgan fingerprint density at radius 1 is 0.957 bits per heavy atom. The van der Waals surface area contributed by atoms with Gasteiger partial charge in [-0.15, -0.1) is 0 Å². The first-order chi connectivity index (χ1) is 11.2. The molecule has 1 aliphatic carbocycles. The number of rotatable bonds is 6. The molecule has 0 spiro atoms. The van der Waals surface area contributed by atoms with E-state index < -0.39 is 0 Å². The molecule has 0 bridgehead atoms. The number of benzene rings is 2. The van der Waals surface area contributed by atoms with E-state index in [4.69, 9.17) is 9.47 Å². The van der Waals surface area contributed by atoms with Gasteiger partial charge in [-0.2, -0.15) is 0 Å².